The molecule has 110 valence electrons. The minimum absolute atomic E-state index is 0.706. The van der Waals surface area contributed by atoms with Gasteiger partial charge in [0, 0.05) is 0 Å². The molecule has 0 bridgehead atoms. The number of hydrogen-bond donors (Lipinski definition) is 1. The van der Waals surface area contributed by atoms with Crippen molar-refractivity contribution in [2.75, 3.05) is 0 Å². The Morgan fingerprint density at radius 2 is 1.79 bits per heavy atom. The van der Waals surface area contributed by atoms with Crippen LogP contribution in [0.1, 0.15) is 67.7 Å². The molecule has 0 fully saturated rings. The summed E-state index contributed by atoms with van der Waals surface area (Å²) in [5.74, 6) is 0.706. The second kappa shape index (κ2) is 8.37. The minimum Gasteiger partial charge on any atom is -0.386 e. The van der Waals surface area contributed by atoms with Gasteiger partial charge < -0.3 is 5.11 Å². The maximum atomic E-state index is 10.1. The minimum atomic E-state index is -0.771. The summed E-state index contributed by atoms with van der Waals surface area (Å²) in [6.45, 7) is 14.6. The first kappa shape index (κ1) is 18.2. The zero-order chi connectivity index (χ0) is 15.1. The molecule has 0 spiro atoms. The van der Waals surface area contributed by atoms with Crippen molar-refractivity contribution in [1.29, 1.82) is 0 Å². The first-order valence-corrected chi connectivity index (χ1v) is 7.52. The molecular formula is C18H32O. The molecule has 1 heteroatoms. The average Bonchev–Trinajstić information content (AvgIpc) is 2.35. The number of aliphatic hydroxyl groups is 1. The molecule has 1 atom stereocenters. The third kappa shape index (κ3) is 6.77. The van der Waals surface area contributed by atoms with E-state index in [1.807, 2.05) is 26.8 Å². The van der Waals surface area contributed by atoms with Crippen molar-refractivity contribution in [2.24, 2.45) is 5.92 Å². The standard InChI is InChI=1S/C18H32O/c1-8-14(4)13-16(15(5)9-2)11-12-17(10-3)18(6,7)19/h10-12,14,19H,8-9,13H2,1-7H3/b12-11-,16-15?,17-10+. The van der Waals surface area contributed by atoms with E-state index in [0.717, 1.165) is 18.4 Å². The van der Waals surface area contributed by atoms with Gasteiger partial charge in [-0.3, -0.25) is 0 Å². The lowest BCUT2D eigenvalue weighted by Gasteiger charge is -2.19. The number of rotatable bonds is 7. The van der Waals surface area contributed by atoms with Gasteiger partial charge in [-0.1, -0.05) is 51.0 Å². The molecule has 0 aromatic carbocycles. The second-order valence-electron chi connectivity index (χ2n) is 6.01. The highest BCUT2D eigenvalue weighted by Crippen LogP contribution is 2.23. The molecule has 0 heterocycles. The fourth-order valence-corrected chi connectivity index (χ4v) is 1.98. The van der Waals surface area contributed by atoms with Crippen LogP contribution in [0.5, 0.6) is 0 Å². The van der Waals surface area contributed by atoms with Crippen molar-refractivity contribution in [2.45, 2.75) is 73.3 Å². The van der Waals surface area contributed by atoms with Gasteiger partial charge in [0.1, 0.15) is 0 Å². The van der Waals surface area contributed by atoms with Gasteiger partial charge in [-0.05, 0) is 57.6 Å². The molecular weight excluding hydrogens is 232 g/mol. The van der Waals surface area contributed by atoms with Gasteiger partial charge in [-0.2, -0.15) is 0 Å². The van der Waals surface area contributed by atoms with Crippen molar-refractivity contribution in [3.8, 4) is 0 Å². The molecule has 19 heavy (non-hydrogen) atoms. The summed E-state index contributed by atoms with van der Waals surface area (Å²) in [4.78, 5) is 0. The monoisotopic (exact) mass is 264 g/mol. The van der Waals surface area contributed by atoms with E-state index in [4.69, 9.17) is 0 Å². The third-order valence-corrected chi connectivity index (χ3v) is 3.83. The smallest absolute Gasteiger partial charge is 0.0837 e. The van der Waals surface area contributed by atoms with E-state index in [1.54, 1.807) is 0 Å². The first-order chi connectivity index (χ1) is 8.76. The highest BCUT2D eigenvalue weighted by Gasteiger charge is 2.16. The molecule has 0 aliphatic rings. The molecule has 1 unspecified atom stereocenters. The van der Waals surface area contributed by atoms with Crippen LogP contribution in [0.2, 0.25) is 0 Å². The fourth-order valence-electron chi connectivity index (χ4n) is 1.98. The first-order valence-electron chi connectivity index (χ1n) is 7.52. The summed E-state index contributed by atoms with van der Waals surface area (Å²) in [6, 6.07) is 0. The van der Waals surface area contributed by atoms with Crippen LogP contribution in [-0.4, -0.2) is 10.7 Å². The van der Waals surface area contributed by atoms with E-state index in [0.29, 0.717) is 5.92 Å². The molecule has 0 aromatic heterocycles. The van der Waals surface area contributed by atoms with E-state index in [-0.39, 0.29) is 0 Å². The zero-order valence-corrected chi connectivity index (χ0v) is 13.9. The third-order valence-electron chi connectivity index (χ3n) is 3.83. The predicted octanol–water partition coefficient (Wildman–Crippen LogP) is 5.42. The van der Waals surface area contributed by atoms with Crippen LogP contribution < -0.4 is 0 Å². The quantitative estimate of drug-likeness (QED) is 0.608. The topological polar surface area (TPSA) is 20.2 Å². The lowest BCUT2D eigenvalue weighted by molar-refractivity contribution is 0.123. The second-order valence-corrected chi connectivity index (χ2v) is 6.01. The van der Waals surface area contributed by atoms with Crippen LogP contribution in [0, 0.1) is 5.92 Å². The van der Waals surface area contributed by atoms with Gasteiger partial charge in [-0.25, -0.2) is 0 Å². The van der Waals surface area contributed by atoms with Crippen molar-refractivity contribution in [3.05, 3.63) is 34.9 Å². The highest BCUT2D eigenvalue weighted by molar-refractivity contribution is 5.34. The summed E-state index contributed by atoms with van der Waals surface area (Å²) in [5.41, 5.74) is 3.06. The molecule has 0 saturated heterocycles. The highest BCUT2D eigenvalue weighted by atomic mass is 16.3. The van der Waals surface area contributed by atoms with Crippen molar-refractivity contribution in [1.82, 2.24) is 0 Å². The fraction of sp³-hybridized carbons (Fsp3) is 0.667. The Hall–Kier alpha value is -0.820. The summed E-state index contributed by atoms with van der Waals surface area (Å²) in [5, 5.41) is 10.1. The van der Waals surface area contributed by atoms with E-state index < -0.39 is 5.60 Å². The Bertz CT molecular complexity index is 350. The molecule has 1 N–H and O–H groups in total. The van der Waals surface area contributed by atoms with Gasteiger partial charge >= 0.3 is 0 Å². The molecule has 1 nitrogen and oxygen atoms in total. The van der Waals surface area contributed by atoms with Crippen molar-refractivity contribution < 1.29 is 5.11 Å². The molecule has 0 aliphatic carbocycles. The normalized spacial score (nSPS) is 16.7. The maximum Gasteiger partial charge on any atom is 0.0837 e. The Balaban J connectivity index is 5.14. The molecule has 0 radical (unpaired) electrons. The maximum absolute atomic E-state index is 10.1. The van der Waals surface area contributed by atoms with Gasteiger partial charge in [0.05, 0.1) is 5.60 Å². The van der Waals surface area contributed by atoms with E-state index in [2.05, 4.69) is 39.8 Å². The van der Waals surface area contributed by atoms with Gasteiger partial charge in [0.15, 0.2) is 0 Å². The van der Waals surface area contributed by atoms with E-state index in [1.165, 1.54) is 17.6 Å². The predicted molar refractivity (Wildman–Crippen MR) is 86.3 cm³/mol. The molecule has 0 amide bonds. The Labute approximate surface area is 120 Å². The lowest BCUT2D eigenvalue weighted by atomic mass is 9.92. The van der Waals surface area contributed by atoms with Gasteiger partial charge in [0.25, 0.3) is 0 Å². The van der Waals surface area contributed by atoms with Crippen molar-refractivity contribution >= 4 is 0 Å². The molecule has 0 aromatic rings. The molecule has 0 rings (SSSR count). The lowest BCUT2D eigenvalue weighted by Crippen LogP contribution is -2.20. The van der Waals surface area contributed by atoms with Crippen molar-refractivity contribution in [3.63, 3.8) is 0 Å². The van der Waals surface area contributed by atoms with Crippen LogP contribution >= 0.6 is 0 Å². The Morgan fingerprint density at radius 3 is 2.16 bits per heavy atom. The zero-order valence-electron chi connectivity index (χ0n) is 13.9. The average molecular weight is 264 g/mol. The molecule has 0 aliphatic heterocycles. The summed E-state index contributed by atoms with van der Waals surface area (Å²) < 4.78 is 0. The van der Waals surface area contributed by atoms with Crippen LogP contribution in [-0.2, 0) is 0 Å². The Morgan fingerprint density at radius 1 is 1.21 bits per heavy atom. The van der Waals surface area contributed by atoms with Crippen LogP contribution in [0.4, 0.5) is 0 Å². The number of allylic oxidation sites excluding steroid dienone is 4. The molecule has 0 saturated carbocycles. The largest absolute Gasteiger partial charge is 0.386 e. The summed E-state index contributed by atoms with van der Waals surface area (Å²) >= 11 is 0. The van der Waals surface area contributed by atoms with Gasteiger partial charge in [-0.15, -0.1) is 0 Å². The number of hydrogen-bond acceptors (Lipinski definition) is 1. The Kier molecular flexibility index (Phi) is 8.01. The van der Waals surface area contributed by atoms with Crippen LogP contribution in [0.25, 0.3) is 0 Å². The summed E-state index contributed by atoms with van der Waals surface area (Å²) in [7, 11) is 0. The SMILES string of the molecule is C/C=C(\C=C/C(CC(C)CC)=C(C)CC)C(C)(C)O. The van der Waals surface area contributed by atoms with Gasteiger partial charge in [0.2, 0.25) is 0 Å². The van der Waals surface area contributed by atoms with E-state index in [9.17, 15) is 5.11 Å². The van der Waals surface area contributed by atoms with Crippen LogP contribution in [0.3, 0.4) is 0 Å². The summed E-state index contributed by atoms with van der Waals surface area (Å²) in [6.07, 6.45) is 9.66. The van der Waals surface area contributed by atoms with E-state index >= 15 is 0 Å². The van der Waals surface area contributed by atoms with Crippen LogP contribution in [0.15, 0.2) is 34.9 Å².